The van der Waals surface area contributed by atoms with Gasteiger partial charge in [-0.1, -0.05) is 24.3 Å². The number of amides is 1. The highest BCUT2D eigenvalue weighted by atomic mass is 32.2. The van der Waals surface area contributed by atoms with Gasteiger partial charge in [0.15, 0.2) is 0 Å². The number of hydrogen-bond acceptors (Lipinski definition) is 4. The number of rotatable bonds is 7. The number of alkyl halides is 6. The van der Waals surface area contributed by atoms with Crippen LogP contribution in [0.5, 0.6) is 0 Å². The first-order chi connectivity index (χ1) is 17.6. The number of hydrogen-bond donors (Lipinski definition) is 1. The van der Waals surface area contributed by atoms with Crippen LogP contribution < -0.4 is 5.32 Å². The van der Waals surface area contributed by atoms with Crippen LogP contribution in [0, 0.1) is 0 Å². The van der Waals surface area contributed by atoms with Gasteiger partial charge < -0.3 is 10.2 Å². The van der Waals surface area contributed by atoms with Crippen LogP contribution in [0.2, 0.25) is 0 Å². The zero-order valence-corrected chi connectivity index (χ0v) is 20.6. The molecule has 0 saturated carbocycles. The van der Waals surface area contributed by atoms with Crippen molar-refractivity contribution < 1.29 is 39.6 Å². The summed E-state index contributed by atoms with van der Waals surface area (Å²) in [5.74, 6) is -0.879. The topological polar surface area (TPSA) is 91.7 Å². The Morgan fingerprint density at radius 2 is 1.68 bits per heavy atom. The van der Waals surface area contributed by atoms with E-state index in [4.69, 9.17) is 0 Å². The molecular formula is C24H20F6N4O3S. The number of nitrogens with one attached hydrogen (secondary N) is 1. The molecule has 0 aliphatic rings. The summed E-state index contributed by atoms with van der Waals surface area (Å²) in [7, 11) is -1.52. The molecule has 0 saturated heterocycles. The number of halogens is 6. The second-order valence-corrected chi connectivity index (χ2v) is 9.81. The fourth-order valence-corrected chi connectivity index (χ4v) is 4.50. The van der Waals surface area contributed by atoms with Crippen LogP contribution in [-0.4, -0.2) is 44.6 Å². The van der Waals surface area contributed by atoms with Crippen molar-refractivity contribution in [2.45, 2.75) is 23.7 Å². The molecule has 3 rings (SSSR count). The van der Waals surface area contributed by atoms with Gasteiger partial charge in [0, 0.05) is 43.3 Å². The average Bonchev–Trinajstić information content (AvgIpc) is 2.82. The molecule has 14 heteroatoms. The SMILES string of the molecule is CN(C)/C=N/S(=O)(=O)c1cc(NC(=O)Cc2ccccc2C(F)(F)F)ccc1-c1cncc(C(F)(F)F)c1. The van der Waals surface area contributed by atoms with Crippen LogP contribution in [0.1, 0.15) is 16.7 Å². The summed E-state index contributed by atoms with van der Waals surface area (Å²) >= 11 is 0. The largest absolute Gasteiger partial charge is 0.417 e. The second-order valence-electron chi connectivity index (χ2n) is 8.21. The third-order valence-corrected chi connectivity index (χ3v) is 6.28. The zero-order valence-electron chi connectivity index (χ0n) is 19.8. The lowest BCUT2D eigenvalue weighted by Gasteiger charge is -2.15. The van der Waals surface area contributed by atoms with Crippen molar-refractivity contribution in [3.05, 3.63) is 77.6 Å². The lowest BCUT2D eigenvalue weighted by molar-refractivity contribution is -0.139. The van der Waals surface area contributed by atoms with Crippen LogP contribution in [0.15, 0.2) is 70.2 Å². The molecule has 202 valence electrons. The predicted octanol–water partition coefficient (Wildman–Crippen LogP) is 5.25. The number of nitrogens with zero attached hydrogens (tertiary/aromatic N) is 3. The van der Waals surface area contributed by atoms with Gasteiger partial charge >= 0.3 is 12.4 Å². The molecule has 0 fully saturated rings. The standard InChI is InChI=1S/C24H20F6N4O3S/c1-34(2)14-32-38(36,37)21-11-18(7-8-19(21)16-9-17(13-31-12-16)23(25,26)27)33-22(35)10-15-5-3-4-6-20(15)24(28,29)30/h3-9,11-14H,10H2,1-2H3,(H,33,35)/b32-14+. The van der Waals surface area contributed by atoms with Crippen molar-refractivity contribution in [3.63, 3.8) is 0 Å². The minimum Gasteiger partial charge on any atom is -0.368 e. The van der Waals surface area contributed by atoms with Crippen LogP contribution in [-0.2, 0) is 33.6 Å². The number of anilines is 1. The third kappa shape index (κ3) is 7.09. The van der Waals surface area contributed by atoms with Crippen molar-refractivity contribution >= 4 is 28.0 Å². The number of carbonyl (C=O) groups excluding carboxylic acids is 1. The minimum atomic E-state index is -4.74. The van der Waals surface area contributed by atoms with Crippen LogP contribution >= 0.6 is 0 Å². The number of carbonyl (C=O) groups is 1. The van der Waals surface area contributed by atoms with E-state index in [1.807, 2.05) is 0 Å². The molecule has 38 heavy (non-hydrogen) atoms. The number of sulfonamides is 1. The maximum absolute atomic E-state index is 13.3. The van der Waals surface area contributed by atoms with E-state index in [9.17, 15) is 39.6 Å². The van der Waals surface area contributed by atoms with E-state index in [0.29, 0.717) is 12.3 Å². The first-order valence-electron chi connectivity index (χ1n) is 10.7. The molecule has 1 heterocycles. The van der Waals surface area contributed by atoms with E-state index in [1.165, 1.54) is 37.2 Å². The van der Waals surface area contributed by atoms with Gasteiger partial charge in [-0.05, 0) is 29.8 Å². The highest BCUT2D eigenvalue weighted by molar-refractivity contribution is 7.90. The maximum atomic E-state index is 13.3. The highest BCUT2D eigenvalue weighted by Crippen LogP contribution is 2.36. The van der Waals surface area contributed by atoms with E-state index in [1.54, 1.807) is 0 Å². The predicted molar refractivity (Wildman–Crippen MR) is 128 cm³/mol. The molecule has 3 aromatic rings. The highest BCUT2D eigenvalue weighted by Gasteiger charge is 2.34. The van der Waals surface area contributed by atoms with E-state index >= 15 is 0 Å². The molecule has 0 bridgehead atoms. The molecule has 0 radical (unpaired) electrons. The molecule has 0 aliphatic heterocycles. The molecular weight excluding hydrogens is 538 g/mol. The summed E-state index contributed by atoms with van der Waals surface area (Å²) in [6, 6.07) is 8.51. The number of pyridine rings is 1. The molecule has 7 nitrogen and oxygen atoms in total. The first-order valence-corrected chi connectivity index (χ1v) is 12.1. The Morgan fingerprint density at radius 1 is 1.00 bits per heavy atom. The third-order valence-electron chi connectivity index (χ3n) is 5.01. The Labute approximate surface area is 213 Å². The average molecular weight is 559 g/mol. The lowest BCUT2D eigenvalue weighted by atomic mass is 10.0. The summed E-state index contributed by atoms with van der Waals surface area (Å²) in [5, 5.41) is 2.33. The van der Waals surface area contributed by atoms with E-state index in [2.05, 4.69) is 14.7 Å². The molecule has 2 aromatic carbocycles. The zero-order chi connectivity index (χ0) is 28.3. The van der Waals surface area contributed by atoms with Gasteiger partial charge in [0.05, 0.1) is 22.4 Å². The van der Waals surface area contributed by atoms with Gasteiger partial charge in [-0.15, -0.1) is 4.40 Å². The summed E-state index contributed by atoms with van der Waals surface area (Å²) in [5.41, 5.74) is -2.90. The molecule has 0 aliphatic carbocycles. The summed E-state index contributed by atoms with van der Waals surface area (Å²) in [6.45, 7) is 0. The lowest BCUT2D eigenvalue weighted by Crippen LogP contribution is -2.18. The van der Waals surface area contributed by atoms with Crippen LogP contribution in [0.25, 0.3) is 11.1 Å². The Balaban J connectivity index is 2.03. The van der Waals surface area contributed by atoms with Crippen molar-refractivity contribution in [3.8, 4) is 11.1 Å². The molecule has 0 unspecified atom stereocenters. The summed E-state index contributed by atoms with van der Waals surface area (Å²) in [4.78, 5) is 16.9. The van der Waals surface area contributed by atoms with E-state index in [-0.39, 0.29) is 22.4 Å². The number of benzene rings is 2. The molecule has 1 amide bonds. The normalized spacial score (nSPS) is 12.5. The second kappa shape index (κ2) is 10.8. The molecule has 1 aromatic heterocycles. The van der Waals surface area contributed by atoms with Gasteiger partial charge in [-0.3, -0.25) is 9.78 Å². The molecule has 1 N–H and O–H groups in total. The van der Waals surface area contributed by atoms with Crippen LogP contribution in [0.4, 0.5) is 32.0 Å². The fraction of sp³-hybridized carbons (Fsp3) is 0.208. The Bertz CT molecular complexity index is 1470. The van der Waals surface area contributed by atoms with Gasteiger partial charge in [0.25, 0.3) is 10.0 Å². The van der Waals surface area contributed by atoms with E-state index < -0.39 is 50.7 Å². The van der Waals surface area contributed by atoms with Crippen molar-refractivity contribution in [2.75, 3.05) is 19.4 Å². The first kappa shape index (κ1) is 28.6. The Morgan fingerprint density at radius 3 is 2.32 bits per heavy atom. The van der Waals surface area contributed by atoms with Gasteiger partial charge in [-0.2, -0.15) is 34.8 Å². The summed E-state index contributed by atoms with van der Waals surface area (Å²) in [6.07, 6.45) is -7.53. The monoisotopic (exact) mass is 558 g/mol. The van der Waals surface area contributed by atoms with Gasteiger partial charge in [0.2, 0.25) is 5.91 Å². The molecule has 0 atom stereocenters. The van der Waals surface area contributed by atoms with Gasteiger partial charge in [-0.25, -0.2) is 0 Å². The Hall–Kier alpha value is -3.94. The van der Waals surface area contributed by atoms with Crippen molar-refractivity contribution in [1.82, 2.24) is 9.88 Å². The van der Waals surface area contributed by atoms with Crippen molar-refractivity contribution in [2.24, 2.45) is 4.40 Å². The summed E-state index contributed by atoms with van der Waals surface area (Å²) < 4.78 is 109. The van der Waals surface area contributed by atoms with E-state index in [0.717, 1.165) is 36.8 Å². The van der Waals surface area contributed by atoms with Crippen molar-refractivity contribution in [1.29, 1.82) is 0 Å². The molecule has 0 spiro atoms. The quantitative estimate of drug-likeness (QED) is 0.243. The maximum Gasteiger partial charge on any atom is 0.417 e. The number of aromatic nitrogens is 1. The van der Waals surface area contributed by atoms with Gasteiger partial charge in [0.1, 0.15) is 6.34 Å². The van der Waals surface area contributed by atoms with Crippen LogP contribution in [0.3, 0.4) is 0 Å². The minimum absolute atomic E-state index is 0.123. The smallest absolute Gasteiger partial charge is 0.368 e. The fourth-order valence-electron chi connectivity index (χ4n) is 3.34. The Kier molecular flexibility index (Phi) is 8.15.